The largest absolute Gasteiger partial charge is 0.296 e. The van der Waals surface area contributed by atoms with Crippen molar-refractivity contribution in [2.75, 3.05) is 0 Å². The molecule has 1 atom stereocenters. The van der Waals surface area contributed by atoms with Gasteiger partial charge in [-0.15, -0.1) is 0 Å². The smallest absolute Gasteiger partial charge is 0.184 e. The molecule has 0 saturated heterocycles. The number of hydrogen-bond acceptors (Lipinski definition) is 5. The minimum absolute atomic E-state index is 0.0463. The molecule has 0 amide bonds. The first-order valence-electron chi connectivity index (χ1n) is 7.67. The molecule has 0 spiro atoms. The van der Waals surface area contributed by atoms with E-state index in [-0.39, 0.29) is 18.0 Å². The average Bonchev–Trinajstić information content (AvgIpc) is 2.98. The van der Waals surface area contributed by atoms with Crippen LogP contribution in [-0.4, -0.2) is 34.9 Å². The number of nitrogens with zero attached hydrogens (tertiary/aromatic N) is 3. The maximum absolute atomic E-state index is 12.6. The SMILES string of the molecule is CC1(C)N=CC2=C3N=C(c4ccc(Cl)cc4)N=C3C(=O)CC2C1=O. The summed E-state index contributed by atoms with van der Waals surface area (Å²) in [5, 5.41) is 0.618. The van der Waals surface area contributed by atoms with Crippen LogP contribution in [0, 0.1) is 5.92 Å². The van der Waals surface area contributed by atoms with E-state index in [1.54, 1.807) is 44.3 Å². The zero-order valence-electron chi connectivity index (χ0n) is 13.2. The highest BCUT2D eigenvalue weighted by atomic mass is 35.5. The van der Waals surface area contributed by atoms with Crippen LogP contribution >= 0.6 is 11.6 Å². The van der Waals surface area contributed by atoms with Crippen molar-refractivity contribution < 1.29 is 9.59 Å². The lowest BCUT2D eigenvalue weighted by Gasteiger charge is -2.32. The van der Waals surface area contributed by atoms with Gasteiger partial charge in [-0.05, 0) is 38.1 Å². The monoisotopic (exact) mass is 339 g/mol. The molecule has 120 valence electrons. The van der Waals surface area contributed by atoms with Gasteiger partial charge in [0.05, 0.1) is 5.92 Å². The second-order valence-electron chi connectivity index (χ2n) is 6.57. The van der Waals surface area contributed by atoms with Crippen LogP contribution in [0.5, 0.6) is 0 Å². The molecule has 0 fully saturated rings. The van der Waals surface area contributed by atoms with Crippen LogP contribution in [0.1, 0.15) is 25.8 Å². The predicted molar refractivity (Wildman–Crippen MR) is 93.1 cm³/mol. The Hall–Kier alpha value is -2.40. The lowest BCUT2D eigenvalue weighted by molar-refractivity contribution is -0.128. The van der Waals surface area contributed by atoms with Gasteiger partial charge in [-0.2, -0.15) is 0 Å². The lowest BCUT2D eigenvalue weighted by Crippen LogP contribution is -2.44. The second kappa shape index (κ2) is 5.05. The fourth-order valence-electron chi connectivity index (χ4n) is 3.13. The van der Waals surface area contributed by atoms with E-state index in [4.69, 9.17) is 11.6 Å². The Kier molecular flexibility index (Phi) is 3.18. The van der Waals surface area contributed by atoms with Gasteiger partial charge in [0.1, 0.15) is 16.9 Å². The summed E-state index contributed by atoms with van der Waals surface area (Å²) in [6.07, 6.45) is 1.81. The predicted octanol–water partition coefficient (Wildman–Crippen LogP) is 2.82. The van der Waals surface area contributed by atoms with Crippen molar-refractivity contribution >= 4 is 40.9 Å². The van der Waals surface area contributed by atoms with Crippen molar-refractivity contribution in [2.45, 2.75) is 25.8 Å². The number of amidine groups is 1. The van der Waals surface area contributed by atoms with Crippen LogP contribution < -0.4 is 0 Å². The summed E-state index contributed by atoms with van der Waals surface area (Å²) in [5.74, 6) is -0.211. The van der Waals surface area contributed by atoms with Crippen LogP contribution in [0.15, 0.2) is 50.5 Å². The summed E-state index contributed by atoms with van der Waals surface area (Å²) in [7, 11) is 0. The molecule has 1 unspecified atom stereocenters. The van der Waals surface area contributed by atoms with Gasteiger partial charge < -0.3 is 0 Å². The van der Waals surface area contributed by atoms with Gasteiger partial charge in [-0.25, -0.2) is 9.98 Å². The average molecular weight is 340 g/mol. The first kappa shape index (κ1) is 15.1. The molecule has 4 rings (SSSR count). The molecule has 1 aromatic carbocycles. The topological polar surface area (TPSA) is 71.2 Å². The molecular weight excluding hydrogens is 326 g/mol. The summed E-state index contributed by atoms with van der Waals surface area (Å²) in [4.78, 5) is 38.3. The molecule has 2 aliphatic heterocycles. The van der Waals surface area contributed by atoms with Gasteiger partial charge in [-0.1, -0.05) is 11.6 Å². The standard InChI is InChI=1S/C18H14ClN3O2/c1-18(2)16(24)11-7-13(23)15-14(12(11)8-20-18)21-17(22-15)9-3-5-10(19)6-4-9/h3-6,8,11H,7H2,1-2H3. The van der Waals surface area contributed by atoms with Crippen molar-refractivity contribution in [3.8, 4) is 0 Å². The minimum atomic E-state index is -0.801. The Morgan fingerprint density at radius 2 is 1.83 bits per heavy atom. The number of hydrogen-bond donors (Lipinski definition) is 0. The molecular formula is C18H14ClN3O2. The number of Topliss-reactive ketones (excluding diaryl/α,β-unsaturated/α-hetero) is 2. The summed E-state index contributed by atoms with van der Waals surface area (Å²) >= 11 is 5.90. The molecule has 6 heteroatoms. The summed E-state index contributed by atoms with van der Waals surface area (Å²) < 4.78 is 0. The Labute approximate surface area is 143 Å². The summed E-state index contributed by atoms with van der Waals surface area (Å²) in [6, 6.07) is 7.11. The number of allylic oxidation sites excluding steroid dienone is 2. The minimum Gasteiger partial charge on any atom is -0.296 e. The number of rotatable bonds is 1. The van der Waals surface area contributed by atoms with Crippen molar-refractivity contribution in [3.05, 3.63) is 46.1 Å². The fourth-order valence-corrected chi connectivity index (χ4v) is 3.26. The Bertz CT molecular complexity index is 905. The highest BCUT2D eigenvalue weighted by Gasteiger charge is 2.45. The molecule has 2 heterocycles. The molecule has 0 saturated carbocycles. The molecule has 1 aliphatic carbocycles. The first-order chi connectivity index (χ1) is 11.4. The number of carbonyl (C=O) groups excluding carboxylic acids is 2. The Morgan fingerprint density at radius 1 is 1.12 bits per heavy atom. The number of halogens is 1. The van der Waals surface area contributed by atoms with Crippen molar-refractivity contribution in [2.24, 2.45) is 20.9 Å². The highest BCUT2D eigenvalue weighted by Crippen LogP contribution is 2.36. The molecule has 5 nitrogen and oxygen atoms in total. The third-order valence-corrected chi connectivity index (χ3v) is 4.76. The molecule has 24 heavy (non-hydrogen) atoms. The molecule has 0 N–H and O–H groups in total. The van der Waals surface area contributed by atoms with Crippen LogP contribution in [0.25, 0.3) is 0 Å². The van der Waals surface area contributed by atoms with E-state index < -0.39 is 11.5 Å². The number of ketones is 2. The maximum Gasteiger partial charge on any atom is 0.184 e. The number of carbonyl (C=O) groups is 2. The van der Waals surface area contributed by atoms with Crippen LogP contribution in [0.3, 0.4) is 0 Å². The Morgan fingerprint density at radius 3 is 2.54 bits per heavy atom. The van der Waals surface area contributed by atoms with E-state index in [1.165, 1.54) is 0 Å². The third kappa shape index (κ3) is 2.19. The zero-order valence-corrected chi connectivity index (χ0v) is 14.0. The molecule has 0 bridgehead atoms. The Balaban J connectivity index is 1.86. The molecule has 0 radical (unpaired) electrons. The molecule has 1 aromatic rings. The van der Waals surface area contributed by atoms with E-state index in [9.17, 15) is 9.59 Å². The second-order valence-corrected chi connectivity index (χ2v) is 7.00. The molecule has 3 aliphatic rings. The van der Waals surface area contributed by atoms with Gasteiger partial charge in [0.25, 0.3) is 0 Å². The number of aliphatic imine (C=N–C) groups is 3. The fraction of sp³-hybridized carbons (Fsp3) is 0.278. The van der Waals surface area contributed by atoms with Gasteiger partial charge in [0.15, 0.2) is 17.4 Å². The number of benzene rings is 1. The van der Waals surface area contributed by atoms with E-state index in [0.29, 0.717) is 27.8 Å². The highest BCUT2D eigenvalue weighted by molar-refractivity contribution is 6.51. The van der Waals surface area contributed by atoms with E-state index in [2.05, 4.69) is 15.0 Å². The quantitative estimate of drug-likeness (QED) is 0.789. The van der Waals surface area contributed by atoms with Crippen LogP contribution in [0.2, 0.25) is 5.02 Å². The maximum atomic E-state index is 12.6. The van der Waals surface area contributed by atoms with E-state index >= 15 is 0 Å². The first-order valence-corrected chi connectivity index (χ1v) is 8.05. The molecule has 0 aromatic heterocycles. The van der Waals surface area contributed by atoms with Crippen LogP contribution in [-0.2, 0) is 9.59 Å². The summed E-state index contributed by atoms with van der Waals surface area (Å²) in [5.41, 5.74) is 1.48. The lowest BCUT2D eigenvalue weighted by atomic mass is 9.74. The van der Waals surface area contributed by atoms with Gasteiger partial charge >= 0.3 is 0 Å². The van der Waals surface area contributed by atoms with E-state index in [1.807, 2.05) is 0 Å². The zero-order chi connectivity index (χ0) is 17.1. The van der Waals surface area contributed by atoms with Gasteiger partial charge in [0, 0.05) is 28.8 Å². The van der Waals surface area contributed by atoms with Gasteiger partial charge in [-0.3, -0.25) is 14.6 Å². The van der Waals surface area contributed by atoms with Crippen molar-refractivity contribution in [3.63, 3.8) is 0 Å². The van der Waals surface area contributed by atoms with Gasteiger partial charge in [0.2, 0.25) is 0 Å². The number of fused-ring (bicyclic) bond motifs is 2. The summed E-state index contributed by atoms with van der Waals surface area (Å²) in [6.45, 7) is 3.52. The normalized spacial score (nSPS) is 24.5. The van der Waals surface area contributed by atoms with Crippen molar-refractivity contribution in [1.29, 1.82) is 0 Å². The van der Waals surface area contributed by atoms with Crippen LogP contribution in [0.4, 0.5) is 0 Å². The van der Waals surface area contributed by atoms with Crippen molar-refractivity contribution in [1.82, 2.24) is 0 Å². The van der Waals surface area contributed by atoms with E-state index in [0.717, 1.165) is 5.56 Å². The third-order valence-electron chi connectivity index (χ3n) is 4.51.